The first-order valence-electron chi connectivity index (χ1n) is 8.70. The summed E-state index contributed by atoms with van der Waals surface area (Å²) in [5.74, 6) is 0.561. The van der Waals surface area contributed by atoms with Crippen molar-refractivity contribution in [3.8, 4) is 0 Å². The Morgan fingerprint density at radius 2 is 1.75 bits per heavy atom. The van der Waals surface area contributed by atoms with Crippen molar-refractivity contribution in [2.45, 2.75) is 20.8 Å². The van der Waals surface area contributed by atoms with E-state index in [2.05, 4.69) is 53.5 Å². The minimum atomic E-state index is -0.443. The van der Waals surface area contributed by atoms with Gasteiger partial charge in [-0.15, -0.1) is 0 Å². The second-order valence-electron chi connectivity index (χ2n) is 6.48. The molecular weight excluding hydrogens is 376 g/mol. The highest BCUT2D eigenvalue weighted by Crippen LogP contribution is 2.28. The van der Waals surface area contributed by atoms with E-state index in [0.717, 1.165) is 16.8 Å². The Morgan fingerprint density at radius 3 is 2.43 bits per heavy atom. The Bertz CT molecular complexity index is 1010. The third kappa shape index (κ3) is 4.40. The first kappa shape index (κ1) is 19.6. The van der Waals surface area contributed by atoms with Crippen LogP contribution in [0.3, 0.4) is 0 Å². The van der Waals surface area contributed by atoms with Crippen molar-refractivity contribution in [1.29, 1.82) is 0 Å². The molecule has 6 nitrogen and oxygen atoms in total. The summed E-state index contributed by atoms with van der Waals surface area (Å²) in [6.45, 7) is 6.18. The SMILES string of the molecule is COC(=O)c1ccc(Cl)c(Nc2nccc(Nc3c(C)cc(C)cc3C)n2)c1. The molecule has 0 radical (unpaired) electrons. The van der Waals surface area contributed by atoms with Crippen LogP contribution in [0.2, 0.25) is 5.02 Å². The number of nitrogens with zero attached hydrogens (tertiary/aromatic N) is 2. The molecule has 7 heteroatoms. The van der Waals surface area contributed by atoms with Crippen molar-refractivity contribution >= 4 is 40.7 Å². The van der Waals surface area contributed by atoms with Gasteiger partial charge in [0.25, 0.3) is 0 Å². The van der Waals surface area contributed by atoms with Crippen LogP contribution in [0.15, 0.2) is 42.6 Å². The highest BCUT2D eigenvalue weighted by atomic mass is 35.5. The fraction of sp³-hybridized carbons (Fsp3) is 0.190. The molecular formula is C21H21ClN4O2. The first-order chi connectivity index (χ1) is 13.4. The molecule has 0 fully saturated rings. The number of rotatable bonds is 5. The zero-order valence-corrected chi connectivity index (χ0v) is 16.9. The van der Waals surface area contributed by atoms with Crippen LogP contribution >= 0.6 is 11.6 Å². The number of aryl methyl sites for hydroxylation is 3. The predicted octanol–water partition coefficient (Wildman–Crippen LogP) is 5.33. The van der Waals surface area contributed by atoms with Crippen molar-refractivity contribution in [1.82, 2.24) is 9.97 Å². The average molecular weight is 397 g/mol. The summed E-state index contributed by atoms with van der Waals surface area (Å²) in [5, 5.41) is 6.85. The Hall–Kier alpha value is -3.12. The zero-order valence-electron chi connectivity index (χ0n) is 16.1. The third-order valence-electron chi connectivity index (χ3n) is 4.22. The minimum absolute atomic E-state index is 0.358. The van der Waals surface area contributed by atoms with Crippen molar-refractivity contribution in [2.24, 2.45) is 0 Å². The van der Waals surface area contributed by atoms with Crippen LogP contribution in [-0.4, -0.2) is 23.0 Å². The van der Waals surface area contributed by atoms with E-state index in [1.54, 1.807) is 30.5 Å². The van der Waals surface area contributed by atoms with Gasteiger partial charge in [-0.2, -0.15) is 4.98 Å². The number of nitrogens with one attached hydrogen (secondary N) is 2. The van der Waals surface area contributed by atoms with E-state index >= 15 is 0 Å². The van der Waals surface area contributed by atoms with Gasteiger partial charge in [-0.25, -0.2) is 9.78 Å². The number of ether oxygens (including phenoxy) is 1. The molecule has 1 heterocycles. The predicted molar refractivity (Wildman–Crippen MR) is 112 cm³/mol. The normalized spacial score (nSPS) is 10.5. The molecule has 0 unspecified atom stereocenters. The first-order valence-corrected chi connectivity index (χ1v) is 9.08. The molecule has 2 aromatic carbocycles. The summed E-state index contributed by atoms with van der Waals surface area (Å²) < 4.78 is 4.75. The van der Waals surface area contributed by atoms with Gasteiger partial charge in [0.1, 0.15) is 5.82 Å². The smallest absolute Gasteiger partial charge is 0.337 e. The molecule has 0 atom stereocenters. The number of halogens is 1. The lowest BCUT2D eigenvalue weighted by molar-refractivity contribution is 0.0601. The van der Waals surface area contributed by atoms with Crippen LogP contribution in [-0.2, 0) is 4.74 Å². The maximum absolute atomic E-state index is 11.7. The topological polar surface area (TPSA) is 76.1 Å². The average Bonchev–Trinajstić information content (AvgIpc) is 2.66. The van der Waals surface area contributed by atoms with Gasteiger partial charge in [-0.1, -0.05) is 29.3 Å². The summed E-state index contributed by atoms with van der Waals surface area (Å²) in [5.41, 5.74) is 5.41. The molecule has 144 valence electrons. The third-order valence-corrected chi connectivity index (χ3v) is 4.55. The van der Waals surface area contributed by atoms with Crippen LogP contribution in [0.1, 0.15) is 27.0 Å². The van der Waals surface area contributed by atoms with Crippen molar-refractivity contribution in [3.05, 3.63) is 69.9 Å². The van der Waals surface area contributed by atoms with E-state index in [9.17, 15) is 4.79 Å². The highest BCUT2D eigenvalue weighted by molar-refractivity contribution is 6.33. The van der Waals surface area contributed by atoms with E-state index in [0.29, 0.717) is 28.0 Å². The monoisotopic (exact) mass is 396 g/mol. The van der Waals surface area contributed by atoms with Crippen molar-refractivity contribution in [3.63, 3.8) is 0 Å². The van der Waals surface area contributed by atoms with E-state index in [4.69, 9.17) is 16.3 Å². The number of esters is 1. The number of anilines is 4. The van der Waals surface area contributed by atoms with E-state index in [1.807, 2.05) is 0 Å². The van der Waals surface area contributed by atoms with Gasteiger partial charge in [0.05, 0.1) is 23.4 Å². The maximum Gasteiger partial charge on any atom is 0.337 e. The second kappa shape index (κ2) is 8.27. The van der Waals surface area contributed by atoms with Crippen LogP contribution in [0.5, 0.6) is 0 Å². The molecule has 0 amide bonds. The summed E-state index contributed by atoms with van der Waals surface area (Å²) in [6.07, 6.45) is 1.65. The quantitative estimate of drug-likeness (QED) is 0.568. The molecule has 1 aromatic heterocycles. The standard InChI is InChI=1S/C21H21ClN4O2/c1-12-9-13(2)19(14(3)10-12)25-18-7-8-23-21(26-18)24-17-11-15(20(27)28-4)5-6-16(17)22/h5-11H,1-4H3,(H2,23,24,25,26). The van der Waals surface area contributed by atoms with Gasteiger partial charge in [-0.3, -0.25) is 0 Å². The largest absolute Gasteiger partial charge is 0.465 e. The van der Waals surface area contributed by atoms with Gasteiger partial charge in [0.15, 0.2) is 0 Å². The van der Waals surface area contributed by atoms with Crippen LogP contribution in [0, 0.1) is 20.8 Å². The molecule has 3 aromatic rings. The van der Waals surface area contributed by atoms with E-state index in [-0.39, 0.29) is 0 Å². The fourth-order valence-electron chi connectivity index (χ4n) is 2.98. The number of methoxy groups -OCH3 is 1. The summed E-state index contributed by atoms with van der Waals surface area (Å²) in [6, 6.07) is 10.8. The highest BCUT2D eigenvalue weighted by Gasteiger charge is 2.11. The number of hydrogen-bond donors (Lipinski definition) is 2. The number of aromatic nitrogens is 2. The molecule has 0 aliphatic rings. The number of hydrogen-bond acceptors (Lipinski definition) is 6. The van der Waals surface area contributed by atoms with Crippen LogP contribution in [0.25, 0.3) is 0 Å². The van der Waals surface area contributed by atoms with Crippen molar-refractivity contribution in [2.75, 3.05) is 17.7 Å². The Balaban J connectivity index is 1.86. The molecule has 0 saturated carbocycles. The molecule has 0 aliphatic carbocycles. The number of carbonyl (C=O) groups is 1. The molecule has 3 rings (SSSR count). The Kier molecular flexibility index (Phi) is 5.80. The molecule has 0 aliphatic heterocycles. The van der Waals surface area contributed by atoms with Crippen molar-refractivity contribution < 1.29 is 9.53 Å². The molecule has 28 heavy (non-hydrogen) atoms. The van der Waals surface area contributed by atoms with E-state index in [1.165, 1.54) is 12.7 Å². The Labute approximate surface area is 168 Å². The fourth-order valence-corrected chi connectivity index (χ4v) is 3.14. The summed E-state index contributed by atoms with van der Waals surface area (Å²) in [4.78, 5) is 20.5. The Morgan fingerprint density at radius 1 is 1.04 bits per heavy atom. The minimum Gasteiger partial charge on any atom is -0.465 e. The molecule has 0 spiro atoms. The summed E-state index contributed by atoms with van der Waals surface area (Å²) >= 11 is 6.23. The number of benzene rings is 2. The van der Waals surface area contributed by atoms with Gasteiger partial charge < -0.3 is 15.4 Å². The van der Waals surface area contributed by atoms with Crippen LogP contribution < -0.4 is 10.6 Å². The van der Waals surface area contributed by atoms with Gasteiger partial charge >= 0.3 is 5.97 Å². The lowest BCUT2D eigenvalue weighted by Crippen LogP contribution is -2.05. The summed E-state index contributed by atoms with van der Waals surface area (Å²) in [7, 11) is 1.33. The zero-order chi connectivity index (χ0) is 20.3. The molecule has 0 bridgehead atoms. The number of carbonyl (C=O) groups excluding carboxylic acids is 1. The second-order valence-corrected chi connectivity index (χ2v) is 6.88. The lowest BCUT2D eigenvalue weighted by Gasteiger charge is -2.14. The maximum atomic E-state index is 11.7. The van der Waals surface area contributed by atoms with Gasteiger partial charge in [-0.05, 0) is 56.2 Å². The van der Waals surface area contributed by atoms with Crippen LogP contribution in [0.4, 0.5) is 23.1 Å². The van der Waals surface area contributed by atoms with Gasteiger partial charge in [0.2, 0.25) is 5.95 Å². The van der Waals surface area contributed by atoms with E-state index < -0.39 is 5.97 Å². The lowest BCUT2D eigenvalue weighted by atomic mass is 10.1. The van der Waals surface area contributed by atoms with Gasteiger partial charge in [0, 0.05) is 11.9 Å². The molecule has 0 saturated heterocycles. The molecule has 2 N–H and O–H groups in total.